The average molecular weight is 477 g/mol. The van der Waals surface area contributed by atoms with Gasteiger partial charge in [0.15, 0.2) is 5.13 Å². The van der Waals surface area contributed by atoms with Crippen molar-refractivity contribution in [1.82, 2.24) is 13.8 Å². The third kappa shape index (κ3) is 4.45. The number of nitrogens with one attached hydrogen (secondary N) is 1. The number of thiazole rings is 1. The molecule has 2 atom stereocenters. The number of thioether (sulfide) groups is 1. The Morgan fingerprint density at radius 1 is 1.36 bits per heavy atom. The molecule has 0 radical (unpaired) electrons. The monoisotopic (exact) mass is 476 g/mol. The molecule has 8 heteroatoms. The van der Waals surface area contributed by atoms with E-state index in [1.165, 1.54) is 9.80 Å². The third-order valence-electron chi connectivity index (χ3n) is 4.79. The molecule has 1 N–H and O–H groups in total. The fourth-order valence-corrected chi connectivity index (χ4v) is 5.62. The van der Waals surface area contributed by atoms with Crippen molar-refractivity contribution in [3.63, 3.8) is 0 Å². The highest BCUT2D eigenvalue weighted by molar-refractivity contribution is 9.07. The Kier molecular flexibility index (Phi) is 6.08. The standard InChI is InChI=1S/C20H21BrN4OS2/c1-24-11-9-14(19(24)26)12-15-13-27-20(22-15)23-18-17(8-5-10-25(18)21)28-16-6-3-2-4-7-16/h2-8,10,13-14,18H,9,11-12H2,1H3,(H,22,23). The lowest BCUT2D eigenvalue weighted by atomic mass is 10.0. The highest BCUT2D eigenvalue weighted by Gasteiger charge is 2.30. The Morgan fingerprint density at radius 3 is 2.93 bits per heavy atom. The van der Waals surface area contributed by atoms with Crippen LogP contribution in [0.25, 0.3) is 0 Å². The molecule has 1 saturated heterocycles. The summed E-state index contributed by atoms with van der Waals surface area (Å²) in [6, 6.07) is 10.3. The lowest BCUT2D eigenvalue weighted by molar-refractivity contribution is -0.129. The van der Waals surface area contributed by atoms with Crippen LogP contribution < -0.4 is 5.32 Å². The van der Waals surface area contributed by atoms with E-state index in [2.05, 4.69) is 45.1 Å². The van der Waals surface area contributed by atoms with Gasteiger partial charge in [-0.15, -0.1) is 11.3 Å². The molecule has 0 aliphatic carbocycles. The van der Waals surface area contributed by atoms with E-state index >= 15 is 0 Å². The van der Waals surface area contributed by atoms with Crippen molar-refractivity contribution in [1.29, 1.82) is 0 Å². The molecular formula is C20H21BrN4OS2. The Balaban J connectivity index is 1.43. The number of carbonyl (C=O) groups excluding carboxylic acids is 1. The minimum Gasteiger partial charge on any atom is -0.345 e. The van der Waals surface area contributed by atoms with Gasteiger partial charge >= 0.3 is 0 Å². The fraction of sp³-hybridized carbons (Fsp3) is 0.300. The van der Waals surface area contributed by atoms with Crippen LogP contribution in [-0.4, -0.2) is 39.5 Å². The predicted octanol–water partition coefficient (Wildman–Crippen LogP) is 4.72. The molecule has 0 saturated carbocycles. The molecule has 1 aromatic carbocycles. The maximum atomic E-state index is 12.1. The first-order chi connectivity index (χ1) is 13.6. The van der Waals surface area contributed by atoms with Crippen LogP contribution in [0.1, 0.15) is 12.1 Å². The van der Waals surface area contributed by atoms with Crippen LogP contribution in [0.15, 0.2) is 63.9 Å². The second-order valence-corrected chi connectivity index (χ2v) is 9.63. The first kappa shape index (κ1) is 19.5. The third-order valence-corrected chi connectivity index (χ3v) is 7.36. The van der Waals surface area contributed by atoms with Gasteiger partial charge in [0.2, 0.25) is 5.91 Å². The first-order valence-corrected chi connectivity index (χ1v) is 11.5. The van der Waals surface area contributed by atoms with Crippen LogP contribution >= 0.6 is 39.2 Å². The fourth-order valence-electron chi connectivity index (χ4n) is 3.29. The predicted molar refractivity (Wildman–Crippen MR) is 119 cm³/mol. The zero-order chi connectivity index (χ0) is 19.5. The maximum Gasteiger partial charge on any atom is 0.225 e. The van der Waals surface area contributed by atoms with Gasteiger partial charge in [-0.05, 0) is 30.7 Å². The number of amides is 1. The van der Waals surface area contributed by atoms with E-state index < -0.39 is 0 Å². The van der Waals surface area contributed by atoms with Crippen LogP contribution in [0, 0.1) is 5.92 Å². The second-order valence-electron chi connectivity index (χ2n) is 6.81. The Hall–Kier alpha value is -1.77. The lowest BCUT2D eigenvalue weighted by Crippen LogP contribution is -2.33. The molecule has 28 heavy (non-hydrogen) atoms. The molecule has 0 spiro atoms. The summed E-state index contributed by atoms with van der Waals surface area (Å²) < 4.78 is 1.97. The molecule has 1 aromatic heterocycles. The van der Waals surface area contributed by atoms with Gasteiger partial charge in [-0.2, -0.15) is 0 Å². The van der Waals surface area contributed by atoms with Gasteiger partial charge in [-0.25, -0.2) is 4.98 Å². The summed E-state index contributed by atoms with van der Waals surface area (Å²) in [5.41, 5.74) is 0.981. The van der Waals surface area contributed by atoms with Crippen molar-refractivity contribution in [2.24, 2.45) is 5.92 Å². The number of anilines is 1. The average Bonchev–Trinajstić information content (AvgIpc) is 3.27. The zero-order valence-corrected chi connectivity index (χ0v) is 18.6. The quantitative estimate of drug-likeness (QED) is 0.611. The number of benzene rings is 1. The van der Waals surface area contributed by atoms with Crippen molar-refractivity contribution in [3.05, 3.63) is 64.7 Å². The van der Waals surface area contributed by atoms with Gasteiger partial charge in [-0.1, -0.05) is 30.0 Å². The van der Waals surface area contributed by atoms with E-state index in [4.69, 9.17) is 4.98 Å². The topological polar surface area (TPSA) is 48.5 Å². The van der Waals surface area contributed by atoms with E-state index in [1.807, 2.05) is 46.3 Å². The van der Waals surface area contributed by atoms with Gasteiger partial charge in [0.25, 0.3) is 0 Å². The summed E-state index contributed by atoms with van der Waals surface area (Å²) >= 11 is 6.93. The normalized spacial score (nSPS) is 21.9. The van der Waals surface area contributed by atoms with Crippen molar-refractivity contribution in [2.45, 2.75) is 23.9 Å². The van der Waals surface area contributed by atoms with Gasteiger partial charge in [0.1, 0.15) is 6.17 Å². The van der Waals surface area contributed by atoms with E-state index in [-0.39, 0.29) is 18.0 Å². The van der Waals surface area contributed by atoms with Crippen molar-refractivity contribution in [3.8, 4) is 0 Å². The molecule has 2 unspecified atom stereocenters. The van der Waals surface area contributed by atoms with E-state index in [9.17, 15) is 4.79 Å². The first-order valence-electron chi connectivity index (χ1n) is 9.11. The lowest BCUT2D eigenvalue weighted by Gasteiger charge is -2.29. The summed E-state index contributed by atoms with van der Waals surface area (Å²) in [5, 5.41) is 6.43. The number of aromatic nitrogens is 1. The number of carbonyl (C=O) groups is 1. The summed E-state index contributed by atoms with van der Waals surface area (Å²) in [7, 11) is 1.87. The zero-order valence-electron chi connectivity index (χ0n) is 15.4. The number of hydrogen-bond donors (Lipinski definition) is 1. The Labute approximate surface area is 181 Å². The summed E-state index contributed by atoms with van der Waals surface area (Å²) in [5.74, 6) is 0.297. The van der Waals surface area contributed by atoms with Crippen molar-refractivity contribution < 1.29 is 4.79 Å². The van der Waals surface area contributed by atoms with E-state index in [0.717, 1.165) is 23.8 Å². The molecule has 146 valence electrons. The molecule has 0 bridgehead atoms. The molecule has 2 aliphatic rings. The van der Waals surface area contributed by atoms with E-state index in [1.54, 1.807) is 23.1 Å². The number of allylic oxidation sites excluding steroid dienone is 2. The molecule has 2 aromatic rings. The maximum absolute atomic E-state index is 12.1. The summed E-state index contributed by atoms with van der Waals surface area (Å²) in [4.78, 5) is 21.1. The number of rotatable bonds is 6. The minimum atomic E-state index is -0.0477. The van der Waals surface area contributed by atoms with Crippen LogP contribution in [0.4, 0.5) is 5.13 Å². The highest BCUT2D eigenvalue weighted by Crippen LogP contribution is 2.35. The molecule has 2 aliphatic heterocycles. The summed E-state index contributed by atoms with van der Waals surface area (Å²) in [6.45, 7) is 0.844. The Bertz CT molecular complexity index is 899. The van der Waals surface area contributed by atoms with Gasteiger partial charge in [0.05, 0.1) is 21.8 Å². The van der Waals surface area contributed by atoms with Crippen LogP contribution in [0.2, 0.25) is 0 Å². The molecule has 3 heterocycles. The molecule has 1 amide bonds. The number of halogens is 1. The van der Waals surface area contributed by atoms with Gasteiger partial charge in [-0.3, -0.25) is 8.72 Å². The summed E-state index contributed by atoms with van der Waals surface area (Å²) in [6.07, 6.45) is 7.70. The van der Waals surface area contributed by atoms with E-state index in [0.29, 0.717) is 6.42 Å². The smallest absolute Gasteiger partial charge is 0.225 e. The molecular weight excluding hydrogens is 456 g/mol. The molecule has 1 fully saturated rings. The molecule has 4 rings (SSSR count). The molecule has 5 nitrogen and oxygen atoms in total. The van der Waals surface area contributed by atoms with Crippen LogP contribution in [-0.2, 0) is 11.2 Å². The number of nitrogens with zero attached hydrogens (tertiary/aromatic N) is 3. The van der Waals surface area contributed by atoms with Crippen molar-refractivity contribution in [2.75, 3.05) is 18.9 Å². The highest BCUT2D eigenvalue weighted by atomic mass is 79.9. The largest absolute Gasteiger partial charge is 0.345 e. The number of likely N-dealkylation sites (tertiary alicyclic amines) is 1. The van der Waals surface area contributed by atoms with Gasteiger partial charge < -0.3 is 10.2 Å². The van der Waals surface area contributed by atoms with Crippen LogP contribution in [0.5, 0.6) is 0 Å². The SMILES string of the molecule is CN1CCC(Cc2csc(NC3C(Sc4ccccc4)=CC=CN3Br)n2)C1=O. The number of hydrogen-bond acceptors (Lipinski definition) is 6. The Morgan fingerprint density at radius 2 is 2.18 bits per heavy atom. The second kappa shape index (κ2) is 8.71. The van der Waals surface area contributed by atoms with Gasteiger partial charge in [0, 0.05) is 47.3 Å². The van der Waals surface area contributed by atoms with Crippen LogP contribution in [0.3, 0.4) is 0 Å². The van der Waals surface area contributed by atoms with Crippen molar-refractivity contribution >= 4 is 50.3 Å². The minimum absolute atomic E-state index is 0.0477.